The summed E-state index contributed by atoms with van der Waals surface area (Å²) in [7, 11) is 0. The number of benzene rings is 1. The molecule has 0 saturated heterocycles. The minimum atomic E-state index is -0.145. The van der Waals surface area contributed by atoms with Crippen LogP contribution < -0.4 is 5.32 Å². The van der Waals surface area contributed by atoms with Crippen molar-refractivity contribution in [1.29, 1.82) is 0 Å². The molecule has 1 unspecified atom stereocenters. The van der Waals surface area contributed by atoms with Crippen LogP contribution in [0.25, 0.3) is 0 Å². The summed E-state index contributed by atoms with van der Waals surface area (Å²) in [5.74, 6) is -0.145. The summed E-state index contributed by atoms with van der Waals surface area (Å²) in [5.41, 5.74) is 2.94. The fraction of sp³-hybridized carbons (Fsp3) is 0.471. The smallest absolute Gasteiger partial charge is 0.126 e. The number of aryl methyl sites for hydroxylation is 3. The van der Waals surface area contributed by atoms with Crippen LogP contribution >= 0.6 is 11.3 Å². The van der Waals surface area contributed by atoms with E-state index in [1.165, 1.54) is 4.88 Å². The van der Waals surface area contributed by atoms with Crippen LogP contribution in [0.3, 0.4) is 0 Å². The minimum absolute atomic E-state index is 0.145. The average molecular weight is 306 g/mol. The lowest BCUT2D eigenvalue weighted by Gasteiger charge is -2.18. The number of aromatic nitrogens is 1. The molecule has 0 bridgehead atoms. The van der Waals surface area contributed by atoms with Crippen molar-refractivity contribution in [2.45, 2.75) is 46.6 Å². The second-order valence-corrected chi connectivity index (χ2v) is 6.76. The largest absolute Gasteiger partial charge is 0.310 e. The van der Waals surface area contributed by atoms with Gasteiger partial charge in [0.15, 0.2) is 0 Å². The van der Waals surface area contributed by atoms with Gasteiger partial charge in [-0.3, -0.25) is 0 Å². The molecule has 0 amide bonds. The first-order valence-electron chi connectivity index (χ1n) is 7.43. The fourth-order valence-electron chi connectivity index (χ4n) is 2.31. The lowest BCUT2D eigenvalue weighted by Crippen LogP contribution is -2.24. The number of hydrogen-bond acceptors (Lipinski definition) is 3. The monoisotopic (exact) mass is 306 g/mol. The van der Waals surface area contributed by atoms with Crippen LogP contribution in [0, 0.1) is 26.6 Å². The highest BCUT2D eigenvalue weighted by atomic mass is 32.1. The van der Waals surface area contributed by atoms with E-state index in [9.17, 15) is 4.39 Å². The molecule has 114 valence electrons. The highest BCUT2D eigenvalue weighted by molar-refractivity contribution is 7.11. The number of thiazole rings is 1. The van der Waals surface area contributed by atoms with E-state index in [-0.39, 0.29) is 11.9 Å². The van der Waals surface area contributed by atoms with Gasteiger partial charge in [-0.2, -0.15) is 0 Å². The molecule has 2 nitrogen and oxygen atoms in total. The molecule has 2 aromatic rings. The van der Waals surface area contributed by atoms with Crippen LogP contribution in [0.15, 0.2) is 18.2 Å². The van der Waals surface area contributed by atoms with Crippen molar-refractivity contribution < 1.29 is 4.39 Å². The number of nitrogens with one attached hydrogen (secondary N) is 1. The van der Waals surface area contributed by atoms with Gasteiger partial charge in [-0.25, -0.2) is 9.37 Å². The first kappa shape index (κ1) is 16.1. The van der Waals surface area contributed by atoms with Crippen LogP contribution in [0.2, 0.25) is 0 Å². The summed E-state index contributed by atoms with van der Waals surface area (Å²) in [5, 5.41) is 4.69. The summed E-state index contributed by atoms with van der Waals surface area (Å²) in [6.45, 7) is 9.06. The van der Waals surface area contributed by atoms with Gasteiger partial charge < -0.3 is 5.32 Å². The van der Waals surface area contributed by atoms with Crippen LogP contribution in [-0.4, -0.2) is 11.5 Å². The zero-order valence-electron chi connectivity index (χ0n) is 13.2. The zero-order chi connectivity index (χ0) is 15.4. The van der Waals surface area contributed by atoms with E-state index in [0.29, 0.717) is 5.56 Å². The van der Waals surface area contributed by atoms with Crippen molar-refractivity contribution in [3.8, 4) is 0 Å². The maximum Gasteiger partial charge on any atom is 0.126 e. The van der Waals surface area contributed by atoms with Crippen LogP contribution in [0.5, 0.6) is 0 Å². The maximum atomic E-state index is 13.5. The Morgan fingerprint density at radius 2 is 2.05 bits per heavy atom. The number of halogens is 1. The van der Waals surface area contributed by atoms with Gasteiger partial charge in [0.2, 0.25) is 0 Å². The van der Waals surface area contributed by atoms with Crippen LogP contribution in [0.1, 0.15) is 46.1 Å². The molecule has 0 saturated carbocycles. The van der Waals surface area contributed by atoms with Crippen molar-refractivity contribution >= 4 is 11.3 Å². The Kier molecular flexibility index (Phi) is 5.48. The van der Waals surface area contributed by atoms with Crippen molar-refractivity contribution in [3.05, 3.63) is 50.7 Å². The molecule has 4 heteroatoms. The lowest BCUT2D eigenvalue weighted by molar-refractivity contribution is 0.525. The third-order valence-corrected chi connectivity index (χ3v) is 4.77. The van der Waals surface area contributed by atoms with Gasteiger partial charge in [-0.15, -0.1) is 11.3 Å². The van der Waals surface area contributed by atoms with E-state index < -0.39 is 0 Å². The van der Waals surface area contributed by atoms with Gasteiger partial charge >= 0.3 is 0 Å². The molecule has 0 spiro atoms. The normalized spacial score (nSPS) is 12.6. The highest BCUT2D eigenvalue weighted by Gasteiger charge is 2.15. The van der Waals surface area contributed by atoms with Gasteiger partial charge in [-0.1, -0.05) is 19.1 Å². The van der Waals surface area contributed by atoms with E-state index in [0.717, 1.165) is 35.7 Å². The molecule has 0 aliphatic heterocycles. The number of nitrogens with zero attached hydrogens (tertiary/aromatic N) is 1. The van der Waals surface area contributed by atoms with Crippen LogP contribution in [-0.2, 0) is 6.42 Å². The maximum absolute atomic E-state index is 13.5. The Labute approximate surface area is 130 Å². The summed E-state index contributed by atoms with van der Waals surface area (Å²) >= 11 is 1.75. The van der Waals surface area contributed by atoms with Crippen molar-refractivity contribution in [1.82, 2.24) is 10.3 Å². The van der Waals surface area contributed by atoms with Gasteiger partial charge in [0.1, 0.15) is 5.82 Å². The molecule has 1 N–H and O–H groups in total. The molecule has 1 heterocycles. The predicted molar refractivity (Wildman–Crippen MR) is 87.5 cm³/mol. The SMILES string of the molecule is CCCNC(Cc1nc(C)c(C)s1)c1ccc(F)c(C)c1. The topological polar surface area (TPSA) is 24.9 Å². The molecule has 1 aromatic heterocycles. The fourth-order valence-corrected chi connectivity index (χ4v) is 3.29. The summed E-state index contributed by atoms with van der Waals surface area (Å²) in [6, 6.07) is 5.57. The molecule has 0 aliphatic rings. The second kappa shape index (κ2) is 7.14. The Hall–Kier alpha value is -1.26. The zero-order valence-corrected chi connectivity index (χ0v) is 14.0. The van der Waals surface area contributed by atoms with Gasteiger partial charge in [0.05, 0.1) is 10.7 Å². The summed E-state index contributed by atoms with van der Waals surface area (Å²) < 4.78 is 13.5. The summed E-state index contributed by atoms with van der Waals surface area (Å²) in [4.78, 5) is 5.90. The second-order valence-electron chi connectivity index (χ2n) is 5.47. The molecule has 0 aliphatic carbocycles. The van der Waals surface area contributed by atoms with E-state index >= 15 is 0 Å². The van der Waals surface area contributed by atoms with Gasteiger partial charge in [-0.05, 0) is 50.9 Å². The Bertz CT molecular complexity index is 587. The number of rotatable bonds is 6. The molecular formula is C17H23FN2S. The molecule has 0 radical (unpaired) electrons. The van der Waals surface area contributed by atoms with Crippen molar-refractivity contribution in [2.24, 2.45) is 0 Å². The Balaban J connectivity index is 2.22. The molecule has 1 aromatic carbocycles. The lowest BCUT2D eigenvalue weighted by atomic mass is 10.0. The first-order chi connectivity index (χ1) is 10.0. The summed E-state index contributed by atoms with van der Waals surface area (Å²) in [6.07, 6.45) is 1.93. The first-order valence-corrected chi connectivity index (χ1v) is 8.25. The average Bonchev–Trinajstić information content (AvgIpc) is 2.76. The third-order valence-electron chi connectivity index (χ3n) is 3.68. The number of hydrogen-bond donors (Lipinski definition) is 1. The highest BCUT2D eigenvalue weighted by Crippen LogP contribution is 2.24. The van der Waals surface area contributed by atoms with Gasteiger partial charge in [0.25, 0.3) is 0 Å². The minimum Gasteiger partial charge on any atom is -0.310 e. The van der Waals surface area contributed by atoms with Crippen molar-refractivity contribution in [3.63, 3.8) is 0 Å². The van der Waals surface area contributed by atoms with Gasteiger partial charge in [0, 0.05) is 17.3 Å². The Morgan fingerprint density at radius 1 is 1.29 bits per heavy atom. The molecule has 1 atom stereocenters. The van der Waals surface area contributed by atoms with E-state index in [2.05, 4.69) is 24.1 Å². The standard InChI is InChI=1S/C17H23FN2S/c1-5-8-19-16(10-17-20-12(3)13(4)21-17)14-6-7-15(18)11(2)9-14/h6-7,9,16,19H,5,8,10H2,1-4H3. The molecular weight excluding hydrogens is 283 g/mol. The predicted octanol–water partition coefficient (Wildman–Crippen LogP) is 4.49. The van der Waals surface area contributed by atoms with E-state index in [4.69, 9.17) is 0 Å². The van der Waals surface area contributed by atoms with Crippen molar-refractivity contribution in [2.75, 3.05) is 6.54 Å². The molecule has 2 rings (SSSR count). The Morgan fingerprint density at radius 3 is 2.62 bits per heavy atom. The van der Waals surface area contributed by atoms with E-state index in [1.54, 1.807) is 17.4 Å². The quantitative estimate of drug-likeness (QED) is 0.850. The van der Waals surface area contributed by atoms with E-state index in [1.807, 2.05) is 26.0 Å². The molecule has 21 heavy (non-hydrogen) atoms. The molecule has 0 fully saturated rings. The van der Waals surface area contributed by atoms with Crippen LogP contribution in [0.4, 0.5) is 4.39 Å². The third kappa shape index (κ3) is 4.11.